The van der Waals surface area contributed by atoms with Gasteiger partial charge < -0.3 is 25.2 Å². The summed E-state index contributed by atoms with van der Waals surface area (Å²) in [6.45, 7) is 1.41. The second-order valence-corrected chi connectivity index (χ2v) is 5.70. The van der Waals surface area contributed by atoms with Gasteiger partial charge in [0.05, 0.1) is 18.8 Å². The number of aliphatic imine (C=N–C) groups is 1. The first-order chi connectivity index (χ1) is 12.1. The fourth-order valence-electron chi connectivity index (χ4n) is 2.51. The lowest BCUT2D eigenvalue weighted by molar-refractivity contribution is -0.0498. The average molecular weight is 357 g/mol. The number of hydrogen-bond donors (Lipinski definition) is 3. The Balaban J connectivity index is 1.86. The van der Waals surface area contributed by atoms with Crippen LogP contribution < -0.4 is 15.4 Å². The van der Waals surface area contributed by atoms with Crippen molar-refractivity contribution < 1.29 is 23.4 Å². The van der Waals surface area contributed by atoms with Crippen molar-refractivity contribution >= 4 is 5.96 Å². The number of guanidine groups is 1. The highest BCUT2D eigenvalue weighted by Gasteiger charge is 2.16. The number of rotatable bonds is 8. The van der Waals surface area contributed by atoms with Crippen LogP contribution in [-0.2, 0) is 4.74 Å². The van der Waals surface area contributed by atoms with Crippen molar-refractivity contribution in [3.63, 3.8) is 0 Å². The summed E-state index contributed by atoms with van der Waals surface area (Å²) in [7, 11) is 0. The Hall–Kier alpha value is -1.93. The minimum Gasteiger partial charge on any atom is -0.435 e. The molecule has 8 heteroatoms. The summed E-state index contributed by atoms with van der Waals surface area (Å²) in [5.41, 5.74) is 0.584. The van der Waals surface area contributed by atoms with E-state index in [9.17, 15) is 13.9 Å². The lowest BCUT2D eigenvalue weighted by Gasteiger charge is -2.16. The topological polar surface area (TPSA) is 75.1 Å². The highest BCUT2D eigenvalue weighted by atomic mass is 19.3. The minimum atomic E-state index is -2.86. The van der Waals surface area contributed by atoms with E-state index in [2.05, 4.69) is 20.4 Å². The second-order valence-electron chi connectivity index (χ2n) is 5.70. The SMILES string of the molecule is CCNC(=NCC(O)c1ccc(OC(F)F)cc1)NCC1CCCO1. The maximum absolute atomic E-state index is 12.1. The number of aliphatic hydroxyl groups excluding tert-OH is 1. The monoisotopic (exact) mass is 357 g/mol. The summed E-state index contributed by atoms with van der Waals surface area (Å²) < 4.78 is 34.1. The van der Waals surface area contributed by atoms with Crippen LogP contribution in [0.5, 0.6) is 5.75 Å². The van der Waals surface area contributed by atoms with E-state index in [0.29, 0.717) is 24.6 Å². The molecule has 0 amide bonds. The van der Waals surface area contributed by atoms with E-state index in [-0.39, 0.29) is 18.4 Å². The highest BCUT2D eigenvalue weighted by Crippen LogP contribution is 2.19. The molecule has 1 aliphatic rings. The molecule has 25 heavy (non-hydrogen) atoms. The van der Waals surface area contributed by atoms with Crippen molar-refractivity contribution in [1.82, 2.24) is 10.6 Å². The van der Waals surface area contributed by atoms with Gasteiger partial charge in [-0.15, -0.1) is 0 Å². The van der Waals surface area contributed by atoms with E-state index >= 15 is 0 Å². The molecule has 3 N–H and O–H groups in total. The van der Waals surface area contributed by atoms with Gasteiger partial charge >= 0.3 is 6.61 Å². The van der Waals surface area contributed by atoms with Gasteiger partial charge in [0.2, 0.25) is 0 Å². The van der Waals surface area contributed by atoms with Crippen LogP contribution in [0.25, 0.3) is 0 Å². The van der Waals surface area contributed by atoms with Crippen LogP contribution in [0.15, 0.2) is 29.3 Å². The molecule has 0 spiro atoms. The van der Waals surface area contributed by atoms with E-state index < -0.39 is 12.7 Å². The molecule has 0 saturated carbocycles. The molecule has 0 radical (unpaired) electrons. The van der Waals surface area contributed by atoms with E-state index in [4.69, 9.17) is 4.74 Å². The van der Waals surface area contributed by atoms with E-state index in [1.165, 1.54) is 12.1 Å². The predicted molar refractivity (Wildman–Crippen MR) is 91.0 cm³/mol. The molecule has 1 aromatic carbocycles. The van der Waals surface area contributed by atoms with E-state index in [1.54, 1.807) is 12.1 Å². The number of aliphatic hydroxyl groups is 1. The summed E-state index contributed by atoms with van der Waals surface area (Å²) in [5, 5.41) is 16.5. The van der Waals surface area contributed by atoms with Crippen molar-refractivity contribution in [3.8, 4) is 5.75 Å². The smallest absolute Gasteiger partial charge is 0.387 e. The number of hydrogen-bond acceptors (Lipinski definition) is 4. The summed E-state index contributed by atoms with van der Waals surface area (Å²) in [5.74, 6) is 0.663. The molecule has 1 saturated heterocycles. The Morgan fingerprint density at radius 2 is 2.12 bits per heavy atom. The van der Waals surface area contributed by atoms with E-state index in [0.717, 1.165) is 19.4 Å². The van der Waals surface area contributed by atoms with Gasteiger partial charge in [-0.3, -0.25) is 4.99 Å². The summed E-state index contributed by atoms with van der Waals surface area (Å²) in [6, 6.07) is 5.89. The second kappa shape index (κ2) is 10.1. The van der Waals surface area contributed by atoms with Gasteiger partial charge in [-0.1, -0.05) is 12.1 Å². The number of benzene rings is 1. The van der Waals surface area contributed by atoms with Gasteiger partial charge in [-0.25, -0.2) is 0 Å². The first-order valence-corrected chi connectivity index (χ1v) is 8.45. The van der Waals surface area contributed by atoms with Crippen LogP contribution in [-0.4, -0.2) is 50.0 Å². The average Bonchev–Trinajstić information content (AvgIpc) is 3.10. The Bertz CT molecular complexity index is 534. The number of alkyl halides is 2. The Morgan fingerprint density at radius 3 is 2.72 bits per heavy atom. The number of nitrogens with one attached hydrogen (secondary N) is 2. The van der Waals surface area contributed by atoms with Gasteiger partial charge in [0.15, 0.2) is 5.96 Å². The standard InChI is InChI=1S/C17H25F2N3O3/c1-2-20-17(21-10-14-4-3-9-24-14)22-11-15(23)12-5-7-13(8-6-12)25-16(18)19/h5-8,14-16,23H,2-4,9-11H2,1H3,(H2,20,21,22). The molecule has 0 aliphatic carbocycles. The third-order valence-corrected chi connectivity index (χ3v) is 3.78. The van der Waals surface area contributed by atoms with Gasteiger partial charge in [-0.2, -0.15) is 8.78 Å². The Kier molecular flexibility index (Phi) is 7.87. The molecule has 2 atom stereocenters. The molecule has 2 rings (SSSR count). The Labute approximate surface area is 146 Å². The maximum Gasteiger partial charge on any atom is 0.387 e. The summed E-state index contributed by atoms with van der Waals surface area (Å²) >= 11 is 0. The highest BCUT2D eigenvalue weighted by molar-refractivity contribution is 5.79. The molecule has 0 aromatic heterocycles. The third-order valence-electron chi connectivity index (χ3n) is 3.78. The molecule has 0 bridgehead atoms. The predicted octanol–water partition coefficient (Wildman–Crippen LogP) is 2.06. The molecule has 1 fully saturated rings. The maximum atomic E-state index is 12.1. The lowest BCUT2D eigenvalue weighted by Crippen LogP contribution is -2.41. The largest absolute Gasteiger partial charge is 0.435 e. The molecular formula is C17H25F2N3O3. The quantitative estimate of drug-likeness (QED) is 0.490. The van der Waals surface area contributed by atoms with Crippen LogP contribution in [0, 0.1) is 0 Å². The molecule has 6 nitrogen and oxygen atoms in total. The number of ether oxygens (including phenoxy) is 2. The zero-order valence-electron chi connectivity index (χ0n) is 14.3. The van der Waals surface area contributed by atoms with Crippen LogP contribution in [0.2, 0.25) is 0 Å². The zero-order chi connectivity index (χ0) is 18.1. The number of halogens is 2. The molecular weight excluding hydrogens is 332 g/mol. The van der Waals surface area contributed by atoms with Gasteiger partial charge in [0, 0.05) is 19.7 Å². The van der Waals surface area contributed by atoms with Gasteiger partial charge in [0.25, 0.3) is 0 Å². The summed E-state index contributed by atoms with van der Waals surface area (Å²) in [6.07, 6.45) is 1.46. The van der Waals surface area contributed by atoms with Crippen molar-refractivity contribution in [1.29, 1.82) is 0 Å². The first kappa shape index (κ1) is 19.4. The van der Waals surface area contributed by atoms with Crippen molar-refractivity contribution in [3.05, 3.63) is 29.8 Å². The van der Waals surface area contributed by atoms with Crippen LogP contribution >= 0.6 is 0 Å². The van der Waals surface area contributed by atoms with Crippen molar-refractivity contribution in [2.24, 2.45) is 4.99 Å². The summed E-state index contributed by atoms with van der Waals surface area (Å²) in [4.78, 5) is 4.36. The molecule has 140 valence electrons. The normalized spacial score (nSPS) is 19.1. The third kappa shape index (κ3) is 6.83. The van der Waals surface area contributed by atoms with Crippen LogP contribution in [0.4, 0.5) is 8.78 Å². The fourth-order valence-corrected chi connectivity index (χ4v) is 2.51. The molecule has 1 aromatic rings. The van der Waals surface area contributed by atoms with Crippen LogP contribution in [0.1, 0.15) is 31.4 Å². The van der Waals surface area contributed by atoms with E-state index in [1.807, 2.05) is 6.92 Å². The fraction of sp³-hybridized carbons (Fsp3) is 0.588. The molecule has 2 unspecified atom stereocenters. The van der Waals surface area contributed by atoms with Crippen LogP contribution in [0.3, 0.4) is 0 Å². The molecule has 1 heterocycles. The Morgan fingerprint density at radius 1 is 1.36 bits per heavy atom. The van der Waals surface area contributed by atoms with Gasteiger partial charge in [-0.05, 0) is 37.5 Å². The zero-order valence-corrected chi connectivity index (χ0v) is 14.3. The lowest BCUT2D eigenvalue weighted by atomic mass is 10.1. The van der Waals surface area contributed by atoms with Crippen molar-refractivity contribution in [2.75, 3.05) is 26.2 Å². The van der Waals surface area contributed by atoms with Gasteiger partial charge in [0.1, 0.15) is 5.75 Å². The minimum absolute atomic E-state index is 0.0565. The first-order valence-electron chi connectivity index (χ1n) is 8.45. The van der Waals surface area contributed by atoms with Crippen molar-refractivity contribution in [2.45, 2.75) is 38.6 Å². The molecule has 1 aliphatic heterocycles. The number of nitrogens with zero attached hydrogens (tertiary/aromatic N) is 1.